The maximum absolute atomic E-state index is 6.59. The van der Waals surface area contributed by atoms with E-state index < -0.39 is 8.32 Å². The summed E-state index contributed by atoms with van der Waals surface area (Å²) < 4.78 is 11.9. The number of nitrogens with one attached hydrogen (secondary N) is 1. The summed E-state index contributed by atoms with van der Waals surface area (Å²) in [4.78, 5) is 0. The lowest BCUT2D eigenvalue weighted by Gasteiger charge is -2.39. The van der Waals surface area contributed by atoms with Crippen molar-refractivity contribution in [3.8, 4) is 0 Å². The Morgan fingerprint density at radius 2 is 1.77 bits per heavy atom. The van der Waals surface area contributed by atoms with Gasteiger partial charge in [0, 0.05) is 6.10 Å². The summed E-state index contributed by atoms with van der Waals surface area (Å²) in [7, 11) is -1.69. The molecule has 6 heteroatoms. The second-order valence-corrected chi connectivity index (χ2v) is 12.5. The second-order valence-electron chi connectivity index (χ2n) is 7.42. The molecule has 4 nitrogen and oxygen atoms in total. The molecule has 0 aromatic rings. The molecule has 132 valence electrons. The van der Waals surface area contributed by atoms with E-state index in [2.05, 4.69) is 46.2 Å². The van der Waals surface area contributed by atoms with Gasteiger partial charge in [-0.1, -0.05) is 40.5 Å². The fraction of sp³-hybridized carbons (Fsp3) is 0.938. The van der Waals surface area contributed by atoms with Crippen molar-refractivity contribution in [3.63, 3.8) is 0 Å². The number of hydrogen-bond acceptors (Lipinski definition) is 4. The summed E-state index contributed by atoms with van der Waals surface area (Å²) in [5.74, 6) is 5.17. The average Bonchev–Trinajstić information content (AvgIpc) is 2.42. The zero-order valence-corrected chi connectivity index (χ0v) is 17.1. The van der Waals surface area contributed by atoms with Crippen LogP contribution in [0.5, 0.6) is 0 Å². The van der Waals surface area contributed by atoms with E-state index >= 15 is 0 Å². The van der Waals surface area contributed by atoms with Gasteiger partial charge in [-0.15, -0.1) is 0 Å². The molecular formula is C16H36N2O2SSi. The van der Waals surface area contributed by atoms with Crippen molar-refractivity contribution in [1.29, 1.82) is 0 Å². The fourth-order valence-electron chi connectivity index (χ4n) is 1.97. The quantitative estimate of drug-likeness (QED) is 0.200. The number of rotatable bonds is 10. The first-order chi connectivity index (χ1) is 10.1. The highest BCUT2D eigenvalue weighted by Gasteiger charge is 2.38. The lowest BCUT2D eigenvalue weighted by Crippen LogP contribution is -2.44. The summed E-state index contributed by atoms with van der Waals surface area (Å²) in [6, 6.07) is 0. The standard InChI is InChI=1S/C16H36N2O2SSi/c1-7-8-11-14(20-22(5,6)16(2,3)4)12-9-10-13-19-15(21)18-17/h14H,7-13,17H2,1-6H3,(H,18,21). The van der Waals surface area contributed by atoms with Gasteiger partial charge < -0.3 is 9.16 Å². The van der Waals surface area contributed by atoms with Gasteiger partial charge in [-0.2, -0.15) is 0 Å². The first-order valence-corrected chi connectivity index (χ1v) is 11.8. The Balaban J connectivity index is 4.26. The molecule has 3 N–H and O–H groups in total. The minimum absolute atomic E-state index is 0.263. The smallest absolute Gasteiger partial charge is 0.271 e. The van der Waals surface area contributed by atoms with E-state index in [9.17, 15) is 0 Å². The van der Waals surface area contributed by atoms with Crippen LogP contribution in [0.1, 0.15) is 66.2 Å². The molecule has 0 aromatic carbocycles. The van der Waals surface area contributed by atoms with Gasteiger partial charge in [-0.25, -0.2) is 5.84 Å². The van der Waals surface area contributed by atoms with Crippen LogP contribution in [0.25, 0.3) is 0 Å². The molecule has 0 radical (unpaired) electrons. The Bertz CT molecular complexity index is 320. The van der Waals surface area contributed by atoms with E-state index in [4.69, 9.17) is 27.2 Å². The van der Waals surface area contributed by atoms with Crippen molar-refractivity contribution < 1.29 is 9.16 Å². The highest BCUT2D eigenvalue weighted by Crippen LogP contribution is 2.38. The molecule has 0 amide bonds. The number of hydrogen-bond donors (Lipinski definition) is 2. The minimum Gasteiger partial charge on any atom is -0.470 e. The number of hydrazine groups is 1. The third-order valence-electron chi connectivity index (χ3n) is 4.42. The first kappa shape index (κ1) is 21.8. The Labute approximate surface area is 143 Å². The molecule has 0 heterocycles. The molecule has 22 heavy (non-hydrogen) atoms. The van der Waals surface area contributed by atoms with Crippen LogP contribution in [-0.2, 0) is 9.16 Å². The molecule has 0 saturated carbocycles. The van der Waals surface area contributed by atoms with Crippen LogP contribution < -0.4 is 11.3 Å². The van der Waals surface area contributed by atoms with Crippen molar-refractivity contribution in [1.82, 2.24) is 5.43 Å². The Hall–Kier alpha value is -0.173. The minimum atomic E-state index is -1.69. The van der Waals surface area contributed by atoms with Gasteiger partial charge in [-0.3, -0.25) is 5.43 Å². The van der Waals surface area contributed by atoms with Gasteiger partial charge in [0.05, 0.1) is 6.61 Å². The zero-order chi connectivity index (χ0) is 17.2. The third kappa shape index (κ3) is 9.08. The molecule has 0 saturated heterocycles. The van der Waals surface area contributed by atoms with Gasteiger partial charge in [0.15, 0.2) is 8.32 Å². The largest absolute Gasteiger partial charge is 0.470 e. The molecule has 0 spiro atoms. The lowest BCUT2D eigenvalue weighted by atomic mass is 10.1. The van der Waals surface area contributed by atoms with Crippen LogP contribution in [0.4, 0.5) is 0 Å². The maximum Gasteiger partial charge on any atom is 0.271 e. The molecule has 1 atom stereocenters. The Morgan fingerprint density at radius 1 is 1.18 bits per heavy atom. The van der Waals surface area contributed by atoms with Gasteiger partial charge in [-0.05, 0) is 56.0 Å². The van der Waals surface area contributed by atoms with Crippen molar-refractivity contribution in [2.45, 2.75) is 90.5 Å². The van der Waals surface area contributed by atoms with E-state index in [0.29, 0.717) is 12.7 Å². The summed E-state index contributed by atoms with van der Waals surface area (Å²) in [6.07, 6.45) is 7.15. The number of thiocarbonyl (C=S) groups is 1. The second kappa shape index (κ2) is 10.6. The lowest BCUT2D eigenvalue weighted by molar-refractivity contribution is 0.152. The van der Waals surface area contributed by atoms with Crippen LogP contribution in [0.3, 0.4) is 0 Å². The highest BCUT2D eigenvalue weighted by atomic mass is 32.1. The van der Waals surface area contributed by atoms with Crippen LogP contribution in [0.15, 0.2) is 0 Å². The third-order valence-corrected chi connectivity index (χ3v) is 9.19. The molecule has 0 aliphatic heterocycles. The van der Waals surface area contributed by atoms with Gasteiger partial charge in [0.25, 0.3) is 5.17 Å². The highest BCUT2D eigenvalue weighted by molar-refractivity contribution is 7.80. The first-order valence-electron chi connectivity index (χ1n) is 8.45. The predicted octanol–water partition coefficient (Wildman–Crippen LogP) is 4.50. The summed E-state index contributed by atoms with van der Waals surface area (Å²) >= 11 is 4.85. The summed E-state index contributed by atoms with van der Waals surface area (Å²) in [5.41, 5.74) is 2.33. The van der Waals surface area contributed by atoms with Crippen molar-refractivity contribution in [2.24, 2.45) is 5.84 Å². The number of ether oxygens (including phenoxy) is 1. The fourth-order valence-corrected chi connectivity index (χ4v) is 3.47. The SMILES string of the molecule is CCCCC(CCCCOC(=S)NN)O[Si](C)(C)C(C)(C)C. The Kier molecular flexibility index (Phi) is 10.5. The van der Waals surface area contributed by atoms with Gasteiger partial charge in [0.1, 0.15) is 0 Å². The van der Waals surface area contributed by atoms with E-state index in [1.165, 1.54) is 12.8 Å². The zero-order valence-electron chi connectivity index (χ0n) is 15.3. The van der Waals surface area contributed by atoms with Gasteiger partial charge in [0.2, 0.25) is 0 Å². The molecule has 0 aliphatic carbocycles. The summed E-state index contributed by atoms with van der Waals surface area (Å²) in [5, 5.41) is 0.527. The van der Waals surface area contributed by atoms with Crippen molar-refractivity contribution in [3.05, 3.63) is 0 Å². The van der Waals surface area contributed by atoms with Crippen molar-refractivity contribution in [2.75, 3.05) is 6.61 Å². The van der Waals surface area contributed by atoms with E-state index in [1.54, 1.807) is 0 Å². The van der Waals surface area contributed by atoms with E-state index in [0.717, 1.165) is 25.7 Å². The maximum atomic E-state index is 6.59. The Morgan fingerprint density at radius 3 is 2.27 bits per heavy atom. The van der Waals surface area contributed by atoms with Gasteiger partial charge >= 0.3 is 0 Å². The number of unbranched alkanes of at least 4 members (excludes halogenated alkanes) is 2. The molecule has 0 bridgehead atoms. The van der Waals surface area contributed by atoms with Crippen LogP contribution in [-0.4, -0.2) is 26.2 Å². The monoisotopic (exact) mass is 348 g/mol. The molecular weight excluding hydrogens is 312 g/mol. The van der Waals surface area contributed by atoms with Crippen molar-refractivity contribution >= 4 is 25.7 Å². The van der Waals surface area contributed by atoms with Crippen LogP contribution >= 0.6 is 12.2 Å². The molecule has 1 unspecified atom stereocenters. The van der Waals surface area contributed by atoms with E-state index in [1.807, 2.05) is 0 Å². The topological polar surface area (TPSA) is 56.5 Å². The number of nitrogens with two attached hydrogens (primary N) is 1. The van der Waals surface area contributed by atoms with E-state index in [-0.39, 0.29) is 10.2 Å². The molecule has 0 rings (SSSR count). The summed E-state index contributed by atoms with van der Waals surface area (Å²) in [6.45, 7) is 14.4. The average molecular weight is 349 g/mol. The predicted molar refractivity (Wildman–Crippen MR) is 101 cm³/mol. The molecule has 0 aliphatic rings. The molecule has 0 aromatic heterocycles. The molecule has 0 fully saturated rings. The van der Waals surface area contributed by atoms with Crippen LogP contribution in [0.2, 0.25) is 18.1 Å². The normalized spacial score (nSPS) is 13.8. The van der Waals surface area contributed by atoms with Crippen LogP contribution in [0, 0.1) is 0 Å².